The third-order valence-electron chi connectivity index (χ3n) is 3.41. The molecule has 0 amide bonds. The van der Waals surface area contributed by atoms with Crippen LogP contribution in [-0.4, -0.2) is 26.3 Å². The molecule has 1 N–H and O–H groups in total. The summed E-state index contributed by atoms with van der Waals surface area (Å²) >= 11 is 0. The standard InChI is InChI=1S/C13H20N2O2/c1-12(2)7-9(13(3,4)17-12)11(16)10-8-14-5-6-15-10/h5-6,8-9,11,16H,7H2,1-4H3. The van der Waals surface area contributed by atoms with E-state index < -0.39 is 6.10 Å². The van der Waals surface area contributed by atoms with E-state index in [9.17, 15) is 5.11 Å². The zero-order valence-electron chi connectivity index (χ0n) is 10.8. The van der Waals surface area contributed by atoms with Crippen molar-refractivity contribution in [2.45, 2.75) is 51.4 Å². The number of nitrogens with zero attached hydrogens (tertiary/aromatic N) is 2. The highest BCUT2D eigenvalue weighted by molar-refractivity contribution is 5.07. The Labute approximate surface area is 102 Å². The maximum atomic E-state index is 10.4. The molecular formula is C13H20N2O2. The Hall–Kier alpha value is -1.00. The molecule has 1 aliphatic rings. The van der Waals surface area contributed by atoms with Crippen molar-refractivity contribution in [2.75, 3.05) is 0 Å². The van der Waals surface area contributed by atoms with E-state index in [1.807, 2.05) is 13.8 Å². The number of hydrogen-bond donors (Lipinski definition) is 1. The fourth-order valence-electron chi connectivity index (χ4n) is 2.77. The number of ether oxygens (including phenoxy) is 1. The lowest BCUT2D eigenvalue weighted by Gasteiger charge is -2.29. The third-order valence-corrected chi connectivity index (χ3v) is 3.41. The van der Waals surface area contributed by atoms with Crippen LogP contribution < -0.4 is 0 Å². The summed E-state index contributed by atoms with van der Waals surface area (Å²) in [5, 5.41) is 10.4. The summed E-state index contributed by atoms with van der Waals surface area (Å²) in [5.41, 5.74) is 0.0736. The van der Waals surface area contributed by atoms with Gasteiger partial charge in [0.15, 0.2) is 0 Å². The molecule has 0 bridgehead atoms. The summed E-state index contributed by atoms with van der Waals surface area (Å²) in [6.07, 6.45) is 5.02. The molecule has 2 heterocycles. The fraction of sp³-hybridized carbons (Fsp3) is 0.692. The highest BCUT2D eigenvalue weighted by Crippen LogP contribution is 2.47. The Balaban J connectivity index is 2.23. The Kier molecular flexibility index (Phi) is 2.96. The second-order valence-corrected chi connectivity index (χ2v) is 5.85. The van der Waals surface area contributed by atoms with Crippen LogP contribution in [0, 0.1) is 5.92 Å². The Bertz CT molecular complexity index is 390. The van der Waals surface area contributed by atoms with Crippen LogP contribution in [-0.2, 0) is 4.74 Å². The van der Waals surface area contributed by atoms with Gasteiger partial charge in [-0.3, -0.25) is 9.97 Å². The highest BCUT2D eigenvalue weighted by atomic mass is 16.5. The van der Waals surface area contributed by atoms with Gasteiger partial charge in [0.25, 0.3) is 0 Å². The zero-order valence-corrected chi connectivity index (χ0v) is 10.8. The molecule has 0 radical (unpaired) electrons. The van der Waals surface area contributed by atoms with Crippen molar-refractivity contribution in [3.05, 3.63) is 24.3 Å². The van der Waals surface area contributed by atoms with E-state index in [1.165, 1.54) is 0 Å². The van der Waals surface area contributed by atoms with Gasteiger partial charge in [-0.25, -0.2) is 0 Å². The molecule has 1 aliphatic heterocycles. The molecule has 4 heteroatoms. The molecule has 17 heavy (non-hydrogen) atoms. The molecule has 2 atom stereocenters. The smallest absolute Gasteiger partial charge is 0.103 e. The summed E-state index contributed by atoms with van der Waals surface area (Å²) in [5.74, 6) is 0.0363. The first-order valence-corrected chi connectivity index (χ1v) is 5.96. The van der Waals surface area contributed by atoms with Crippen molar-refractivity contribution < 1.29 is 9.84 Å². The molecule has 4 nitrogen and oxygen atoms in total. The van der Waals surface area contributed by atoms with Gasteiger partial charge >= 0.3 is 0 Å². The predicted molar refractivity (Wildman–Crippen MR) is 64.3 cm³/mol. The van der Waals surface area contributed by atoms with Gasteiger partial charge in [0.1, 0.15) is 6.10 Å². The lowest BCUT2D eigenvalue weighted by atomic mass is 9.82. The van der Waals surface area contributed by atoms with Crippen LogP contribution in [0.1, 0.15) is 45.9 Å². The van der Waals surface area contributed by atoms with Gasteiger partial charge in [-0.2, -0.15) is 0 Å². The van der Waals surface area contributed by atoms with Gasteiger partial charge in [0, 0.05) is 18.3 Å². The minimum Gasteiger partial charge on any atom is -0.386 e. The summed E-state index contributed by atoms with van der Waals surface area (Å²) in [7, 11) is 0. The molecule has 0 saturated carbocycles. The quantitative estimate of drug-likeness (QED) is 0.854. The minimum absolute atomic E-state index is 0.0363. The summed E-state index contributed by atoms with van der Waals surface area (Å²) in [6, 6.07) is 0. The fourth-order valence-corrected chi connectivity index (χ4v) is 2.77. The van der Waals surface area contributed by atoms with E-state index in [-0.39, 0.29) is 17.1 Å². The number of aromatic nitrogens is 2. The molecule has 1 fully saturated rings. The Morgan fingerprint density at radius 1 is 1.35 bits per heavy atom. The number of aliphatic hydroxyl groups is 1. The van der Waals surface area contributed by atoms with Gasteiger partial charge < -0.3 is 9.84 Å². The average molecular weight is 236 g/mol. The molecule has 1 aromatic heterocycles. The van der Waals surface area contributed by atoms with E-state index >= 15 is 0 Å². The van der Waals surface area contributed by atoms with Gasteiger partial charge in [-0.15, -0.1) is 0 Å². The number of rotatable bonds is 2. The first-order chi connectivity index (χ1) is 7.82. The predicted octanol–water partition coefficient (Wildman–Crippen LogP) is 2.10. The van der Waals surface area contributed by atoms with Gasteiger partial charge in [0.05, 0.1) is 23.1 Å². The molecule has 94 valence electrons. The van der Waals surface area contributed by atoms with Crippen molar-refractivity contribution in [3.63, 3.8) is 0 Å². The van der Waals surface area contributed by atoms with E-state index in [1.54, 1.807) is 18.6 Å². The second-order valence-electron chi connectivity index (χ2n) is 5.85. The highest BCUT2D eigenvalue weighted by Gasteiger charge is 2.49. The molecule has 0 aromatic carbocycles. The first-order valence-electron chi connectivity index (χ1n) is 5.96. The summed E-state index contributed by atoms with van der Waals surface area (Å²) in [6.45, 7) is 8.15. The van der Waals surface area contributed by atoms with Crippen LogP contribution in [0.2, 0.25) is 0 Å². The van der Waals surface area contributed by atoms with Crippen molar-refractivity contribution in [1.29, 1.82) is 0 Å². The van der Waals surface area contributed by atoms with Crippen molar-refractivity contribution in [3.8, 4) is 0 Å². The van der Waals surface area contributed by atoms with Gasteiger partial charge in [0.2, 0.25) is 0 Å². The van der Waals surface area contributed by atoms with Crippen LogP contribution in [0.15, 0.2) is 18.6 Å². The number of aliphatic hydroxyl groups excluding tert-OH is 1. The molecule has 1 saturated heterocycles. The first kappa shape index (κ1) is 12.5. The van der Waals surface area contributed by atoms with E-state index in [0.29, 0.717) is 5.69 Å². The van der Waals surface area contributed by atoms with Crippen LogP contribution in [0.25, 0.3) is 0 Å². The van der Waals surface area contributed by atoms with Crippen LogP contribution in [0.5, 0.6) is 0 Å². The molecular weight excluding hydrogens is 216 g/mol. The molecule has 2 unspecified atom stereocenters. The monoisotopic (exact) mass is 236 g/mol. The SMILES string of the molecule is CC1(C)CC(C(O)c2cnccn2)C(C)(C)O1. The largest absolute Gasteiger partial charge is 0.386 e. The van der Waals surface area contributed by atoms with Crippen LogP contribution in [0.4, 0.5) is 0 Å². The minimum atomic E-state index is -0.625. The van der Waals surface area contributed by atoms with Crippen molar-refractivity contribution in [2.24, 2.45) is 5.92 Å². The average Bonchev–Trinajstić information content (AvgIpc) is 2.47. The van der Waals surface area contributed by atoms with Crippen molar-refractivity contribution >= 4 is 0 Å². The number of hydrogen-bond acceptors (Lipinski definition) is 4. The lowest BCUT2D eigenvalue weighted by Crippen LogP contribution is -2.33. The van der Waals surface area contributed by atoms with Gasteiger partial charge in [-0.1, -0.05) is 0 Å². The molecule has 1 aromatic rings. The summed E-state index contributed by atoms with van der Waals surface area (Å²) < 4.78 is 5.98. The van der Waals surface area contributed by atoms with Crippen LogP contribution >= 0.6 is 0 Å². The van der Waals surface area contributed by atoms with Crippen molar-refractivity contribution in [1.82, 2.24) is 9.97 Å². The molecule has 0 aliphatic carbocycles. The van der Waals surface area contributed by atoms with Crippen LogP contribution in [0.3, 0.4) is 0 Å². The normalized spacial score (nSPS) is 27.9. The Morgan fingerprint density at radius 2 is 2.06 bits per heavy atom. The van der Waals surface area contributed by atoms with Gasteiger partial charge in [-0.05, 0) is 34.1 Å². The third kappa shape index (κ3) is 2.48. The maximum Gasteiger partial charge on any atom is 0.103 e. The Morgan fingerprint density at radius 3 is 2.53 bits per heavy atom. The zero-order chi connectivity index (χ0) is 12.7. The summed E-state index contributed by atoms with van der Waals surface area (Å²) in [4.78, 5) is 8.17. The second kappa shape index (κ2) is 4.03. The lowest BCUT2D eigenvalue weighted by molar-refractivity contribution is -0.0884. The molecule has 0 spiro atoms. The maximum absolute atomic E-state index is 10.4. The topological polar surface area (TPSA) is 55.2 Å². The van der Waals surface area contributed by atoms with E-state index in [2.05, 4.69) is 23.8 Å². The van der Waals surface area contributed by atoms with E-state index in [0.717, 1.165) is 6.42 Å². The molecule has 2 rings (SSSR count). The van der Waals surface area contributed by atoms with E-state index in [4.69, 9.17) is 4.74 Å².